The van der Waals surface area contributed by atoms with Crippen molar-refractivity contribution in [2.24, 2.45) is 5.92 Å². The molecule has 0 unspecified atom stereocenters. The highest BCUT2D eigenvalue weighted by Crippen LogP contribution is 2.27. The molecular weight excluding hydrogens is 406 g/mol. The lowest BCUT2D eigenvalue weighted by Crippen LogP contribution is -2.50. The van der Waals surface area contributed by atoms with E-state index in [0.717, 1.165) is 19.1 Å². The first kappa shape index (κ1) is 24.1. The molecule has 0 aliphatic carbocycles. The van der Waals surface area contributed by atoms with Gasteiger partial charge in [-0.1, -0.05) is 25.7 Å². The number of hydrogen-bond donors (Lipinski definition) is 1. The Bertz CT molecular complexity index is 922. The number of hydrogen-bond acceptors (Lipinski definition) is 6. The number of carbonyl (C=O) groups is 1. The normalized spacial score (nSPS) is 20.5. The van der Waals surface area contributed by atoms with Crippen molar-refractivity contribution in [2.45, 2.75) is 45.8 Å². The van der Waals surface area contributed by atoms with Crippen LogP contribution in [0.15, 0.2) is 12.3 Å². The predicted octanol–water partition coefficient (Wildman–Crippen LogP) is 1.34. The van der Waals surface area contributed by atoms with E-state index in [2.05, 4.69) is 16.8 Å². The van der Waals surface area contributed by atoms with Gasteiger partial charge in [0, 0.05) is 37.7 Å². The summed E-state index contributed by atoms with van der Waals surface area (Å²) in [5.41, 5.74) is 0.867. The summed E-state index contributed by atoms with van der Waals surface area (Å²) in [6, 6.07) is 1.24. The van der Waals surface area contributed by atoms with E-state index in [1.807, 2.05) is 13.8 Å². The standard InChI is InChI=1S/C21H31N3O5S/c1-6-7-8-9-17-10-18-20(22-11-17)29-19(13-23(4)30(5,27)28)15(2)12-24(21(18)26)16(3)14-25/h10-11,15-16,19,25H,6-7,12-14H2,1-5H3/t15-,16-,19-/m0/s1. The molecule has 8 nitrogen and oxygen atoms in total. The Labute approximate surface area is 179 Å². The maximum atomic E-state index is 13.2. The summed E-state index contributed by atoms with van der Waals surface area (Å²) >= 11 is 0. The maximum absolute atomic E-state index is 13.2. The molecule has 2 heterocycles. The number of nitrogens with zero attached hydrogens (tertiary/aromatic N) is 3. The van der Waals surface area contributed by atoms with Crippen LogP contribution in [0.1, 0.15) is 49.5 Å². The number of carbonyl (C=O) groups excluding carboxylic acids is 1. The lowest BCUT2D eigenvalue weighted by atomic mass is 10.0. The minimum atomic E-state index is -3.39. The maximum Gasteiger partial charge on any atom is 0.259 e. The second-order valence-corrected chi connectivity index (χ2v) is 9.88. The number of unbranched alkanes of at least 4 members (excludes halogenated alkanes) is 1. The summed E-state index contributed by atoms with van der Waals surface area (Å²) in [6.45, 7) is 5.94. The number of aromatic nitrogens is 1. The highest BCUT2D eigenvalue weighted by molar-refractivity contribution is 7.88. The average Bonchev–Trinajstić information content (AvgIpc) is 2.69. The summed E-state index contributed by atoms with van der Waals surface area (Å²) in [6.07, 6.45) is 3.85. The largest absolute Gasteiger partial charge is 0.472 e. The highest BCUT2D eigenvalue weighted by Gasteiger charge is 2.35. The van der Waals surface area contributed by atoms with Gasteiger partial charge >= 0.3 is 0 Å². The van der Waals surface area contributed by atoms with Crippen LogP contribution in [0, 0.1) is 17.8 Å². The molecular formula is C21H31N3O5S. The van der Waals surface area contributed by atoms with E-state index in [1.54, 1.807) is 24.1 Å². The summed E-state index contributed by atoms with van der Waals surface area (Å²) < 4.78 is 31.1. The number of pyridine rings is 1. The number of sulfonamides is 1. The van der Waals surface area contributed by atoms with Gasteiger partial charge in [0.25, 0.3) is 5.91 Å². The Hall–Kier alpha value is -2.15. The Morgan fingerprint density at radius 3 is 2.77 bits per heavy atom. The first-order valence-corrected chi connectivity index (χ1v) is 11.9. The molecule has 0 bridgehead atoms. The van der Waals surface area contributed by atoms with Crippen LogP contribution >= 0.6 is 0 Å². The van der Waals surface area contributed by atoms with Gasteiger partial charge in [-0.3, -0.25) is 4.79 Å². The Morgan fingerprint density at radius 1 is 1.47 bits per heavy atom. The summed E-state index contributed by atoms with van der Waals surface area (Å²) in [4.78, 5) is 19.2. The minimum Gasteiger partial charge on any atom is -0.472 e. The molecule has 0 aromatic carbocycles. The van der Waals surface area contributed by atoms with E-state index in [1.165, 1.54) is 11.4 Å². The van der Waals surface area contributed by atoms with Gasteiger partial charge in [-0.25, -0.2) is 17.7 Å². The molecule has 30 heavy (non-hydrogen) atoms. The molecule has 166 valence electrons. The Morgan fingerprint density at radius 2 is 2.17 bits per heavy atom. The van der Waals surface area contributed by atoms with Crippen LogP contribution in [0.5, 0.6) is 5.88 Å². The molecule has 1 aliphatic rings. The minimum absolute atomic E-state index is 0.120. The van der Waals surface area contributed by atoms with Crippen molar-refractivity contribution in [3.63, 3.8) is 0 Å². The summed E-state index contributed by atoms with van der Waals surface area (Å²) in [7, 11) is -1.90. The molecule has 1 amide bonds. The molecule has 1 aromatic rings. The van der Waals surface area contributed by atoms with E-state index in [0.29, 0.717) is 12.1 Å². The molecule has 0 saturated heterocycles. The SMILES string of the molecule is CCCC#Cc1cnc2c(c1)C(=O)N([C@@H](C)CO)C[C@H](C)[C@H](CN(C)S(C)(=O)=O)O2. The molecule has 2 rings (SSSR count). The van der Waals surface area contributed by atoms with Crippen LogP contribution in [0.3, 0.4) is 0 Å². The fourth-order valence-corrected chi connectivity index (χ4v) is 3.48. The van der Waals surface area contributed by atoms with Gasteiger partial charge in [0.1, 0.15) is 11.7 Å². The second-order valence-electron chi connectivity index (χ2n) is 7.79. The van der Waals surface area contributed by atoms with Crippen LogP contribution in [0.4, 0.5) is 0 Å². The topological polar surface area (TPSA) is 100 Å². The van der Waals surface area contributed by atoms with Crippen molar-refractivity contribution in [3.8, 4) is 17.7 Å². The number of aliphatic hydroxyl groups excluding tert-OH is 1. The van der Waals surface area contributed by atoms with Crippen molar-refractivity contribution >= 4 is 15.9 Å². The monoisotopic (exact) mass is 437 g/mol. The zero-order valence-electron chi connectivity index (χ0n) is 18.3. The van der Waals surface area contributed by atoms with Crippen LogP contribution in [-0.2, 0) is 10.0 Å². The van der Waals surface area contributed by atoms with E-state index < -0.39 is 22.2 Å². The van der Waals surface area contributed by atoms with Gasteiger partial charge < -0.3 is 14.7 Å². The number of amides is 1. The zero-order valence-corrected chi connectivity index (χ0v) is 19.1. The third-order valence-corrected chi connectivity index (χ3v) is 6.41. The molecule has 0 radical (unpaired) electrons. The van der Waals surface area contributed by atoms with Crippen LogP contribution in [0.25, 0.3) is 0 Å². The molecule has 0 spiro atoms. The fraction of sp³-hybridized carbons (Fsp3) is 0.619. The molecule has 3 atom stereocenters. The van der Waals surface area contributed by atoms with Crippen molar-refractivity contribution < 1.29 is 23.1 Å². The van der Waals surface area contributed by atoms with Gasteiger partial charge in [0.15, 0.2) is 0 Å². The Kier molecular flexibility index (Phi) is 8.24. The lowest BCUT2D eigenvalue weighted by molar-refractivity contribution is 0.0373. The average molecular weight is 438 g/mol. The summed E-state index contributed by atoms with van der Waals surface area (Å²) in [5, 5.41) is 9.67. The van der Waals surface area contributed by atoms with Crippen molar-refractivity contribution in [3.05, 3.63) is 23.4 Å². The second kappa shape index (κ2) is 10.2. The first-order valence-electron chi connectivity index (χ1n) is 10.1. The number of ether oxygens (including phenoxy) is 1. The lowest BCUT2D eigenvalue weighted by Gasteiger charge is -2.37. The van der Waals surface area contributed by atoms with Gasteiger partial charge in [-0.05, 0) is 19.4 Å². The molecule has 1 N–H and O–H groups in total. The predicted molar refractivity (Wildman–Crippen MR) is 115 cm³/mol. The van der Waals surface area contributed by atoms with Crippen molar-refractivity contribution in [1.82, 2.24) is 14.2 Å². The number of aliphatic hydroxyl groups is 1. The van der Waals surface area contributed by atoms with Crippen LogP contribution in [0.2, 0.25) is 0 Å². The van der Waals surface area contributed by atoms with E-state index >= 15 is 0 Å². The quantitative estimate of drug-likeness (QED) is 0.675. The number of fused-ring (bicyclic) bond motifs is 1. The zero-order chi connectivity index (χ0) is 22.5. The molecule has 0 saturated carbocycles. The van der Waals surface area contributed by atoms with Gasteiger partial charge in [-0.2, -0.15) is 0 Å². The fourth-order valence-electron chi connectivity index (χ4n) is 3.07. The molecule has 1 aliphatic heterocycles. The van der Waals surface area contributed by atoms with E-state index in [4.69, 9.17) is 4.74 Å². The van der Waals surface area contributed by atoms with E-state index in [-0.39, 0.29) is 36.4 Å². The van der Waals surface area contributed by atoms with Gasteiger partial charge in [0.05, 0.1) is 25.4 Å². The third-order valence-electron chi connectivity index (χ3n) is 5.13. The molecule has 0 fully saturated rings. The van der Waals surface area contributed by atoms with Crippen molar-refractivity contribution in [1.29, 1.82) is 0 Å². The van der Waals surface area contributed by atoms with Crippen LogP contribution in [-0.4, -0.2) is 78.8 Å². The van der Waals surface area contributed by atoms with Gasteiger partial charge in [0.2, 0.25) is 15.9 Å². The number of likely N-dealkylation sites (N-methyl/N-ethyl adjacent to an activating group) is 1. The Balaban J connectivity index is 2.49. The first-order chi connectivity index (χ1) is 14.1. The van der Waals surface area contributed by atoms with Crippen LogP contribution < -0.4 is 4.74 Å². The van der Waals surface area contributed by atoms with E-state index in [9.17, 15) is 18.3 Å². The van der Waals surface area contributed by atoms with Gasteiger partial charge in [-0.15, -0.1) is 0 Å². The number of rotatable bonds is 6. The summed E-state index contributed by atoms with van der Waals surface area (Å²) in [5.74, 6) is 5.71. The molecule has 1 aromatic heterocycles. The highest BCUT2D eigenvalue weighted by atomic mass is 32.2. The molecule has 9 heteroatoms. The smallest absolute Gasteiger partial charge is 0.259 e. The van der Waals surface area contributed by atoms with Crippen molar-refractivity contribution in [2.75, 3.05) is 33.0 Å². The third kappa shape index (κ3) is 5.94.